The number of hydrogen-bond acceptors (Lipinski definition) is 6. The van der Waals surface area contributed by atoms with Crippen molar-refractivity contribution in [1.82, 2.24) is 0 Å². The van der Waals surface area contributed by atoms with Crippen LogP contribution in [0.1, 0.15) is 112 Å². The Bertz CT molecular complexity index is 948. The minimum Gasteiger partial charge on any atom is -0.459 e. The molecule has 0 heterocycles. The summed E-state index contributed by atoms with van der Waals surface area (Å²) in [7, 11) is -3.64. The molecule has 0 bridgehead atoms. The lowest BCUT2D eigenvalue weighted by Crippen LogP contribution is -2.69. The second-order valence-corrected chi connectivity index (χ2v) is 15.8. The first-order valence-corrected chi connectivity index (χ1v) is 16.7. The Kier molecular flexibility index (Phi) is 8.23. The minimum atomic E-state index is -3.64. The van der Waals surface area contributed by atoms with Gasteiger partial charge in [-0.2, -0.15) is 8.42 Å². The number of aliphatic hydroxyl groups is 1. The smallest absolute Gasteiger partial charge is 0.303 e. The number of esters is 1. The van der Waals surface area contributed by atoms with Crippen molar-refractivity contribution in [2.75, 3.05) is 6.26 Å². The highest BCUT2D eigenvalue weighted by atomic mass is 32.2. The molecule has 4 aliphatic rings. The predicted octanol–water partition coefficient (Wildman–Crippen LogP) is 6.11. The number of rotatable bonds is 8. The molecule has 6 nitrogen and oxygen atoms in total. The standard InChI is InChI=1S/C30H52O6S/c1-19(2)9-8-10-20(3)24-11-12-25-23-17-27(35-21(4)31)30(32)18-22(36-37(7,33)34)13-16-29(30,6)26(23)14-15-28(24,25)5/h19-20,22-27,32H,8-18H2,1-7H3/t20-,22+,23+,24-,25+,26+,27+,28-,29-,30+/m1/s1. The van der Waals surface area contributed by atoms with Crippen molar-refractivity contribution in [1.29, 1.82) is 0 Å². The lowest BCUT2D eigenvalue weighted by atomic mass is 9.42. The van der Waals surface area contributed by atoms with Crippen LogP contribution in [0.15, 0.2) is 0 Å². The number of hydrogen-bond donors (Lipinski definition) is 1. The van der Waals surface area contributed by atoms with E-state index in [9.17, 15) is 18.3 Å². The number of carbonyl (C=O) groups is 1. The first kappa shape index (κ1) is 29.3. The normalized spacial score (nSPS) is 44.6. The van der Waals surface area contributed by atoms with Crippen LogP contribution in [0.3, 0.4) is 0 Å². The Morgan fingerprint density at radius 3 is 2.35 bits per heavy atom. The number of fused-ring (bicyclic) bond motifs is 5. The van der Waals surface area contributed by atoms with E-state index >= 15 is 0 Å². The van der Waals surface area contributed by atoms with E-state index in [1.165, 1.54) is 45.4 Å². The molecule has 7 heteroatoms. The molecule has 4 fully saturated rings. The average molecular weight is 541 g/mol. The van der Waals surface area contributed by atoms with Gasteiger partial charge in [0.25, 0.3) is 10.1 Å². The van der Waals surface area contributed by atoms with E-state index in [1.54, 1.807) is 0 Å². The maximum Gasteiger partial charge on any atom is 0.303 e. The topological polar surface area (TPSA) is 89.9 Å². The van der Waals surface area contributed by atoms with Crippen molar-refractivity contribution in [3.05, 3.63) is 0 Å². The first-order valence-electron chi connectivity index (χ1n) is 14.9. The van der Waals surface area contributed by atoms with Crippen molar-refractivity contribution in [3.63, 3.8) is 0 Å². The van der Waals surface area contributed by atoms with Crippen LogP contribution in [0.5, 0.6) is 0 Å². The Morgan fingerprint density at radius 2 is 1.73 bits per heavy atom. The van der Waals surface area contributed by atoms with Gasteiger partial charge in [0, 0.05) is 18.8 Å². The zero-order valence-electron chi connectivity index (χ0n) is 24.3. The van der Waals surface area contributed by atoms with E-state index in [0.717, 1.165) is 24.5 Å². The van der Waals surface area contributed by atoms with Gasteiger partial charge in [0.05, 0.1) is 12.4 Å². The van der Waals surface area contributed by atoms with Crippen LogP contribution in [0.2, 0.25) is 0 Å². The second kappa shape index (κ2) is 10.4. The Morgan fingerprint density at radius 1 is 1.03 bits per heavy atom. The summed E-state index contributed by atoms with van der Waals surface area (Å²) < 4.78 is 35.0. The fourth-order valence-corrected chi connectivity index (χ4v) is 10.6. The summed E-state index contributed by atoms with van der Waals surface area (Å²) in [6, 6.07) is 0. The maximum absolute atomic E-state index is 12.3. The van der Waals surface area contributed by atoms with E-state index < -0.39 is 33.3 Å². The molecule has 0 aromatic carbocycles. The van der Waals surface area contributed by atoms with Crippen LogP contribution in [0.25, 0.3) is 0 Å². The monoisotopic (exact) mass is 540 g/mol. The van der Waals surface area contributed by atoms with Crippen molar-refractivity contribution < 1.29 is 27.2 Å². The summed E-state index contributed by atoms with van der Waals surface area (Å²) in [5, 5.41) is 12.3. The summed E-state index contributed by atoms with van der Waals surface area (Å²) in [5.74, 6) is 3.15. The maximum atomic E-state index is 12.3. The molecule has 0 amide bonds. The molecule has 0 aromatic heterocycles. The summed E-state index contributed by atoms with van der Waals surface area (Å²) in [5.41, 5.74) is -1.43. The molecule has 0 aliphatic heterocycles. The van der Waals surface area contributed by atoms with Crippen molar-refractivity contribution in [2.24, 2.45) is 46.3 Å². The average Bonchev–Trinajstić information content (AvgIpc) is 3.11. The third kappa shape index (κ3) is 5.39. The fraction of sp³-hybridized carbons (Fsp3) is 0.967. The lowest BCUT2D eigenvalue weighted by molar-refractivity contribution is -0.268. The van der Waals surface area contributed by atoms with Gasteiger partial charge >= 0.3 is 5.97 Å². The first-order chi connectivity index (χ1) is 17.1. The van der Waals surface area contributed by atoms with Crippen LogP contribution in [0.4, 0.5) is 0 Å². The second-order valence-electron chi connectivity index (χ2n) is 14.2. The van der Waals surface area contributed by atoms with E-state index in [0.29, 0.717) is 48.3 Å². The Hall–Kier alpha value is -0.660. The van der Waals surface area contributed by atoms with E-state index in [4.69, 9.17) is 8.92 Å². The molecule has 0 spiro atoms. The zero-order valence-corrected chi connectivity index (χ0v) is 25.1. The highest BCUT2D eigenvalue weighted by Gasteiger charge is 2.68. The Labute approximate surface area is 225 Å². The van der Waals surface area contributed by atoms with E-state index in [2.05, 4.69) is 34.6 Å². The van der Waals surface area contributed by atoms with Gasteiger partial charge in [-0.05, 0) is 85.9 Å². The third-order valence-electron chi connectivity index (χ3n) is 11.6. The zero-order chi connectivity index (χ0) is 27.4. The van der Waals surface area contributed by atoms with Gasteiger partial charge in [0.15, 0.2) is 0 Å². The van der Waals surface area contributed by atoms with Gasteiger partial charge in [-0.15, -0.1) is 0 Å². The molecule has 37 heavy (non-hydrogen) atoms. The molecule has 0 saturated heterocycles. The lowest BCUT2D eigenvalue weighted by Gasteiger charge is -2.65. The van der Waals surface area contributed by atoms with Gasteiger partial charge in [-0.3, -0.25) is 8.98 Å². The predicted molar refractivity (Wildman–Crippen MR) is 145 cm³/mol. The molecular weight excluding hydrogens is 488 g/mol. The molecule has 1 N–H and O–H groups in total. The number of carbonyl (C=O) groups excluding carboxylic acids is 1. The third-order valence-corrected chi connectivity index (χ3v) is 12.2. The highest BCUT2D eigenvalue weighted by molar-refractivity contribution is 7.86. The molecule has 0 radical (unpaired) electrons. The number of ether oxygens (including phenoxy) is 1. The van der Waals surface area contributed by atoms with Crippen LogP contribution < -0.4 is 0 Å². The molecule has 4 aliphatic carbocycles. The molecule has 0 aromatic rings. The summed E-state index contributed by atoms with van der Waals surface area (Å²) in [6.45, 7) is 13.2. The summed E-state index contributed by atoms with van der Waals surface area (Å²) >= 11 is 0. The molecule has 0 unspecified atom stereocenters. The van der Waals surface area contributed by atoms with Gasteiger partial charge < -0.3 is 9.84 Å². The van der Waals surface area contributed by atoms with Crippen LogP contribution in [-0.2, 0) is 23.8 Å². The summed E-state index contributed by atoms with van der Waals surface area (Å²) in [4.78, 5) is 12.2. The van der Waals surface area contributed by atoms with Gasteiger partial charge in [-0.25, -0.2) is 0 Å². The molecule has 4 saturated carbocycles. The van der Waals surface area contributed by atoms with Gasteiger partial charge in [0.1, 0.15) is 11.7 Å². The fourth-order valence-electron chi connectivity index (χ4n) is 9.91. The largest absolute Gasteiger partial charge is 0.459 e. The Balaban J connectivity index is 1.59. The molecular formula is C30H52O6S. The van der Waals surface area contributed by atoms with Gasteiger partial charge in [-0.1, -0.05) is 53.9 Å². The van der Waals surface area contributed by atoms with Gasteiger partial charge in [0.2, 0.25) is 0 Å². The highest BCUT2D eigenvalue weighted by Crippen LogP contribution is 2.69. The minimum absolute atomic E-state index is 0.190. The van der Waals surface area contributed by atoms with Crippen LogP contribution in [0, 0.1) is 46.3 Å². The summed E-state index contributed by atoms with van der Waals surface area (Å²) in [6.07, 6.45) is 10.6. The van der Waals surface area contributed by atoms with E-state index in [1.807, 2.05) is 0 Å². The van der Waals surface area contributed by atoms with Crippen LogP contribution in [-0.4, -0.2) is 43.6 Å². The van der Waals surface area contributed by atoms with Crippen molar-refractivity contribution in [2.45, 2.75) is 130 Å². The van der Waals surface area contributed by atoms with Crippen molar-refractivity contribution in [3.8, 4) is 0 Å². The molecule has 4 rings (SSSR count). The SMILES string of the molecule is CC(=O)O[C@H]1C[C@H]2[C@@H]3CC[C@H]([C@H](C)CCCC(C)C)[C@@]3(C)CC[C@@H]2[C@@]2(C)CC[C@H](OS(C)(=O)=O)C[C@]12O. The quantitative estimate of drug-likeness (QED) is 0.295. The molecule has 214 valence electrons. The van der Waals surface area contributed by atoms with Crippen LogP contribution >= 0.6 is 0 Å². The van der Waals surface area contributed by atoms with E-state index in [-0.39, 0.29) is 12.4 Å². The van der Waals surface area contributed by atoms with Crippen molar-refractivity contribution >= 4 is 16.1 Å². The molecule has 10 atom stereocenters.